The molecule has 2 atom stereocenters. The van der Waals surface area contributed by atoms with E-state index >= 15 is 0 Å². The molecule has 0 spiro atoms. The number of benzene rings is 2. The third-order valence-corrected chi connectivity index (χ3v) is 8.66. The number of piperazine rings is 1. The molecule has 210 valence electrons. The number of fused-ring (bicyclic) bond motifs is 1. The fourth-order valence-electron chi connectivity index (χ4n) is 6.76. The topological polar surface area (TPSA) is 71.6 Å². The highest BCUT2D eigenvalue weighted by Gasteiger charge is 2.46. The number of methoxy groups -OCH3 is 3. The Morgan fingerprint density at radius 1 is 0.923 bits per heavy atom. The Kier molecular flexibility index (Phi) is 8.31. The molecule has 39 heavy (non-hydrogen) atoms. The Labute approximate surface area is 231 Å². The summed E-state index contributed by atoms with van der Waals surface area (Å²) in [6.07, 6.45) is 5.92. The van der Waals surface area contributed by atoms with Crippen molar-refractivity contribution < 1.29 is 23.8 Å². The number of amides is 2. The summed E-state index contributed by atoms with van der Waals surface area (Å²) in [6.45, 7) is 5.80. The third kappa shape index (κ3) is 5.07. The summed E-state index contributed by atoms with van der Waals surface area (Å²) in [5, 5.41) is 0. The highest BCUT2D eigenvalue weighted by molar-refractivity contribution is 6.01. The lowest BCUT2D eigenvalue weighted by molar-refractivity contribution is -0.136. The molecule has 1 aliphatic carbocycles. The smallest absolute Gasteiger partial charge is 0.254 e. The zero-order chi connectivity index (χ0) is 27.5. The maximum Gasteiger partial charge on any atom is 0.254 e. The van der Waals surface area contributed by atoms with Gasteiger partial charge in [0.15, 0.2) is 11.5 Å². The summed E-state index contributed by atoms with van der Waals surface area (Å²) in [4.78, 5) is 34.8. The summed E-state index contributed by atoms with van der Waals surface area (Å²) in [7, 11) is 4.73. The maximum absolute atomic E-state index is 14.5. The van der Waals surface area contributed by atoms with Crippen molar-refractivity contribution in [1.29, 1.82) is 0 Å². The fourth-order valence-corrected chi connectivity index (χ4v) is 6.76. The molecule has 2 unspecified atom stereocenters. The van der Waals surface area contributed by atoms with Crippen molar-refractivity contribution in [1.82, 2.24) is 14.7 Å². The molecule has 0 radical (unpaired) electrons. The first kappa shape index (κ1) is 27.3. The molecule has 0 bridgehead atoms. The first-order valence-corrected chi connectivity index (χ1v) is 14.2. The molecule has 8 heteroatoms. The van der Waals surface area contributed by atoms with Crippen LogP contribution in [0, 0.1) is 0 Å². The second-order valence-electron chi connectivity index (χ2n) is 10.8. The minimum atomic E-state index is -0.536. The van der Waals surface area contributed by atoms with Crippen LogP contribution in [-0.4, -0.2) is 86.6 Å². The number of hydrogen-bond donors (Lipinski definition) is 0. The van der Waals surface area contributed by atoms with Gasteiger partial charge >= 0.3 is 0 Å². The van der Waals surface area contributed by atoms with E-state index in [-0.39, 0.29) is 11.8 Å². The Hall–Kier alpha value is -3.26. The van der Waals surface area contributed by atoms with E-state index in [0.717, 1.165) is 30.6 Å². The lowest BCUT2D eigenvalue weighted by atomic mass is 9.78. The van der Waals surface area contributed by atoms with Gasteiger partial charge in [0.1, 0.15) is 0 Å². The van der Waals surface area contributed by atoms with Crippen molar-refractivity contribution >= 4 is 11.8 Å². The van der Waals surface area contributed by atoms with Crippen LogP contribution < -0.4 is 14.2 Å². The van der Waals surface area contributed by atoms with Gasteiger partial charge in [-0.2, -0.15) is 0 Å². The Bertz CT molecular complexity index is 1160. The van der Waals surface area contributed by atoms with E-state index in [9.17, 15) is 9.59 Å². The Morgan fingerprint density at radius 3 is 2.15 bits per heavy atom. The van der Waals surface area contributed by atoms with Gasteiger partial charge in [-0.05, 0) is 48.6 Å². The number of hydrogen-bond acceptors (Lipinski definition) is 6. The fraction of sp³-hybridized carbons (Fsp3) is 0.548. The molecular weight excluding hydrogens is 494 g/mol. The molecule has 3 aliphatic rings. The quantitative estimate of drug-likeness (QED) is 0.496. The van der Waals surface area contributed by atoms with Crippen molar-refractivity contribution in [3.05, 3.63) is 53.1 Å². The highest BCUT2D eigenvalue weighted by Crippen LogP contribution is 2.48. The molecule has 2 aliphatic heterocycles. The van der Waals surface area contributed by atoms with Crippen molar-refractivity contribution in [3.8, 4) is 17.2 Å². The first-order valence-electron chi connectivity index (χ1n) is 14.2. The summed E-state index contributed by atoms with van der Waals surface area (Å²) < 4.78 is 16.9. The van der Waals surface area contributed by atoms with E-state index in [1.165, 1.54) is 25.7 Å². The average molecular weight is 536 g/mol. The van der Waals surface area contributed by atoms with Crippen LogP contribution in [0.3, 0.4) is 0 Å². The monoisotopic (exact) mass is 535 g/mol. The van der Waals surface area contributed by atoms with E-state index in [0.29, 0.717) is 48.5 Å². The van der Waals surface area contributed by atoms with Crippen molar-refractivity contribution in [3.63, 3.8) is 0 Å². The van der Waals surface area contributed by atoms with Gasteiger partial charge in [0.25, 0.3) is 5.91 Å². The second kappa shape index (κ2) is 11.9. The standard InChI is InChI=1S/C31H41N3O5/c1-5-14-34-28(21-19-25(37-2)29(39-4)26(20-21)38-3)27(23-12-8-9-13-24(23)30(34)35)31(36)33-17-15-32(16-18-33)22-10-6-7-11-22/h8-9,12-13,19-20,22,27-28H,5-7,10-11,14-18H2,1-4H3. The van der Waals surface area contributed by atoms with Gasteiger partial charge in [0, 0.05) is 44.3 Å². The lowest BCUT2D eigenvalue weighted by Crippen LogP contribution is -2.54. The molecule has 1 saturated carbocycles. The van der Waals surface area contributed by atoms with Crippen LogP contribution in [0.4, 0.5) is 0 Å². The molecule has 2 fully saturated rings. The number of rotatable bonds is 8. The van der Waals surface area contributed by atoms with E-state index in [2.05, 4.69) is 11.8 Å². The molecule has 2 amide bonds. The van der Waals surface area contributed by atoms with Gasteiger partial charge in [-0.15, -0.1) is 0 Å². The zero-order valence-corrected chi connectivity index (χ0v) is 23.7. The predicted molar refractivity (Wildman–Crippen MR) is 150 cm³/mol. The van der Waals surface area contributed by atoms with Crippen LogP contribution >= 0.6 is 0 Å². The van der Waals surface area contributed by atoms with Crippen molar-refractivity contribution in [2.24, 2.45) is 0 Å². The summed E-state index contributed by atoms with van der Waals surface area (Å²) >= 11 is 0. The molecule has 2 aromatic carbocycles. The normalized spacial score (nSPS) is 22.1. The van der Waals surface area contributed by atoms with Crippen LogP contribution in [0.1, 0.15) is 72.5 Å². The van der Waals surface area contributed by atoms with Crippen LogP contribution in [0.5, 0.6) is 17.2 Å². The zero-order valence-electron chi connectivity index (χ0n) is 23.7. The molecular formula is C31H41N3O5. The minimum Gasteiger partial charge on any atom is -0.493 e. The summed E-state index contributed by atoms with van der Waals surface area (Å²) in [5.74, 6) is 0.977. The molecule has 0 N–H and O–H groups in total. The van der Waals surface area contributed by atoms with E-state index in [1.54, 1.807) is 21.3 Å². The highest BCUT2D eigenvalue weighted by atomic mass is 16.5. The van der Waals surface area contributed by atoms with Gasteiger partial charge < -0.3 is 24.0 Å². The Balaban J connectivity index is 1.56. The van der Waals surface area contributed by atoms with E-state index in [4.69, 9.17) is 14.2 Å². The number of carbonyl (C=O) groups excluding carboxylic acids is 2. The summed E-state index contributed by atoms with van der Waals surface area (Å²) in [6, 6.07) is 11.5. The van der Waals surface area contributed by atoms with E-state index < -0.39 is 12.0 Å². The summed E-state index contributed by atoms with van der Waals surface area (Å²) in [5.41, 5.74) is 2.19. The number of carbonyl (C=O) groups is 2. The van der Waals surface area contributed by atoms with Gasteiger partial charge in [-0.1, -0.05) is 38.0 Å². The molecule has 0 aromatic heterocycles. The maximum atomic E-state index is 14.5. The van der Waals surface area contributed by atoms with Gasteiger partial charge in [-0.3, -0.25) is 14.5 Å². The largest absolute Gasteiger partial charge is 0.493 e. The van der Waals surface area contributed by atoms with Crippen molar-refractivity contribution in [2.45, 2.75) is 57.0 Å². The Morgan fingerprint density at radius 2 is 1.56 bits per heavy atom. The van der Waals surface area contributed by atoms with Gasteiger partial charge in [-0.25, -0.2) is 0 Å². The van der Waals surface area contributed by atoms with Crippen LogP contribution in [-0.2, 0) is 4.79 Å². The number of ether oxygens (including phenoxy) is 3. The predicted octanol–water partition coefficient (Wildman–Crippen LogP) is 4.49. The van der Waals surface area contributed by atoms with Crippen LogP contribution in [0.15, 0.2) is 36.4 Å². The van der Waals surface area contributed by atoms with E-state index in [1.807, 2.05) is 46.2 Å². The molecule has 5 rings (SSSR count). The SMILES string of the molecule is CCCN1C(=O)c2ccccc2C(C(=O)N2CCN(C3CCCC3)CC2)C1c1cc(OC)c(OC)c(OC)c1. The third-order valence-electron chi connectivity index (χ3n) is 8.66. The molecule has 1 saturated heterocycles. The lowest BCUT2D eigenvalue weighted by Gasteiger charge is -2.45. The first-order chi connectivity index (χ1) is 19.0. The molecule has 2 heterocycles. The minimum absolute atomic E-state index is 0.0543. The number of nitrogens with zero attached hydrogens (tertiary/aromatic N) is 3. The van der Waals surface area contributed by atoms with Crippen molar-refractivity contribution in [2.75, 3.05) is 54.1 Å². The average Bonchev–Trinajstić information content (AvgIpc) is 3.52. The molecule has 8 nitrogen and oxygen atoms in total. The second-order valence-corrected chi connectivity index (χ2v) is 10.8. The van der Waals surface area contributed by atoms with Gasteiger partial charge in [0.2, 0.25) is 11.7 Å². The van der Waals surface area contributed by atoms with Crippen LogP contribution in [0.2, 0.25) is 0 Å². The molecule has 2 aromatic rings. The van der Waals surface area contributed by atoms with Crippen LogP contribution in [0.25, 0.3) is 0 Å². The van der Waals surface area contributed by atoms with Gasteiger partial charge in [0.05, 0.1) is 33.3 Å².